The molecule has 1 N–H and O–H groups in total. The van der Waals surface area contributed by atoms with Crippen molar-refractivity contribution in [1.82, 2.24) is 10.2 Å². The minimum atomic E-state index is 1.08. The third-order valence-electron chi connectivity index (χ3n) is 2.64. The van der Waals surface area contributed by atoms with Crippen LogP contribution in [0.2, 0.25) is 0 Å². The molecule has 0 atom stereocenters. The topological polar surface area (TPSA) is 15.3 Å². The predicted octanol–water partition coefficient (Wildman–Crippen LogP) is 2.08. The molecule has 0 saturated heterocycles. The van der Waals surface area contributed by atoms with Crippen LogP contribution in [0.4, 0.5) is 0 Å². The zero-order valence-corrected chi connectivity index (χ0v) is 10.8. The fourth-order valence-corrected chi connectivity index (χ4v) is 1.71. The number of benzene rings is 1. The van der Waals surface area contributed by atoms with Crippen molar-refractivity contribution in [3.8, 4) is 0 Å². The summed E-state index contributed by atoms with van der Waals surface area (Å²) in [6.45, 7) is 5.46. The zero-order valence-electron chi connectivity index (χ0n) is 10.8. The Labute approximate surface area is 99.7 Å². The highest BCUT2D eigenvalue weighted by atomic mass is 15.1. The van der Waals surface area contributed by atoms with Crippen LogP contribution in [-0.2, 0) is 6.42 Å². The van der Waals surface area contributed by atoms with E-state index < -0.39 is 0 Å². The van der Waals surface area contributed by atoms with Crippen LogP contribution in [0.3, 0.4) is 0 Å². The molecule has 0 saturated carbocycles. The van der Waals surface area contributed by atoms with Crippen molar-refractivity contribution in [1.29, 1.82) is 0 Å². The van der Waals surface area contributed by atoms with E-state index in [1.165, 1.54) is 24.0 Å². The Balaban J connectivity index is 2.07. The standard InChI is InChI=1S/C14H24N2/c1-13-6-4-7-14(12-13)8-5-9-15-10-11-16(2)3/h4,6-7,12,15H,5,8-11H2,1-3H3. The fraction of sp³-hybridized carbons (Fsp3) is 0.571. The van der Waals surface area contributed by atoms with Gasteiger partial charge in [0.1, 0.15) is 0 Å². The normalized spacial score (nSPS) is 11.0. The summed E-state index contributed by atoms with van der Waals surface area (Å²) in [6.07, 6.45) is 2.40. The zero-order chi connectivity index (χ0) is 11.8. The van der Waals surface area contributed by atoms with Crippen LogP contribution in [0.5, 0.6) is 0 Å². The van der Waals surface area contributed by atoms with E-state index in [0.29, 0.717) is 0 Å². The van der Waals surface area contributed by atoms with Gasteiger partial charge in [-0.15, -0.1) is 0 Å². The molecule has 1 aromatic rings. The second-order valence-corrected chi connectivity index (χ2v) is 4.65. The Bertz CT molecular complexity index is 295. The maximum atomic E-state index is 3.46. The van der Waals surface area contributed by atoms with Crippen molar-refractivity contribution in [3.63, 3.8) is 0 Å². The molecule has 0 aromatic heterocycles. The van der Waals surface area contributed by atoms with Gasteiger partial charge in [0.2, 0.25) is 0 Å². The van der Waals surface area contributed by atoms with Gasteiger partial charge < -0.3 is 10.2 Å². The first-order valence-corrected chi connectivity index (χ1v) is 6.09. The lowest BCUT2D eigenvalue weighted by atomic mass is 10.1. The number of hydrogen-bond donors (Lipinski definition) is 1. The first-order valence-electron chi connectivity index (χ1n) is 6.09. The van der Waals surface area contributed by atoms with Crippen LogP contribution >= 0.6 is 0 Å². The van der Waals surface area contributed by atoms with E-state index in [9.17, 15) is 0 Å². The molecule has 0 aliphatic heterocycles. The van der Waals surface area contributed by atoms with E-state index in [4.69, 9.17) is 0 Å². The lowest BCUT2D eigenvalue weighted by molar-refractivity contribution is 0.400. The fourth-order valence-electron chi connectivity index (χ4n) is 1.71. The largest absolute Gasteiger partial charge is 0.315 e. The lowest BCUT2D eigenvalue weighted by Gasteiger charge is -2.10. The molecule has 0 amide bonds. The Morgan fingerprint density at radius 1 is 1.19 bits per heavy atom. The second-order valence-electron chi connectivity index (χ2n) is 4.65. The molecule has 90 valence electrons. The van der Waals surface area contributed by atoms with E-state index >= 15 is 0 Å². The number of nitrogens with zero attached hydrogens (tertiary/aromatic N) is 1. The molecule has 0 heterocycles. The molecular formula is C14H24N2. The molecule has 1 aromatic carbocycles. The molecular weight excluding hydrogens is 196 g/mol. The molecule has 16 heavy (non-hydrogen) atoms. The SMILES string of the molecule is Cc1cccc(CCCNCCN(C)C)c1. The Hall–Kier alpha value is -0.860. The van der Waals surface area contributed by atoms with Crippen LogP contribution in [0.15, 0.2) is 24.3 Å². The lowest BCUT2D eigenvalue weighted by Crippen LogP contribution is -2.27. The monoisotopic (exact) mass is 220 g/mol. The minimum absolute atomic E-state index is 1.08. The molecule has 0 aliphatic rings. The van der Waals surface area contributed by atoms with Gasteiger partial charge in [0, 0.05) is 13.1 Å². The van der Waals surface area contributed by atoms with Gasteiger partial charge in [-0.2, -0.15) is 0 Å². The van der Waals surface area contributed by atoms with Crippen molar-refractivity contribution < 1.29 is 0 Å². The number of hydrogen-bond acceptors (Lipinski definition) is 2. The summed E-state index contributed by atoms with van der Waals surface area (Å²) in [5.74, 6) is 0. The second kappa shape index (κ2) is 7.42. The average molecular weight is 220 g/mol. The molecule has 0 fully saturated rings. The highest BCUT2D eigenvalue weighted by Crippen LogP contribution is 2.05. The van der Waals surface area contributed by atoms with E-state index in [1.807, 2.05) is 0 Å². The third kappa shape index (κ3) is 5.89. The summed E-state index contributed by atoms with van der Waals surface area (Å²) < 4.78 is 0. The average Bonchev–Trinajstić information content (AvgIpc) is 2.23. The first kappa shape index (κ1) is 13.2. The van der Waals surface area contributed by atoms with Crippen molar-refractivity contribution in [3.05, 3.63) is 35.4 Å². The molecule has 0 bridgehead atoms. The highest BCUT2D eigenvalue weighted by Gasteiger charge is 1.94. The van der Waals surface area contributed by atoms with Gasteiger partial charge in [0.15, 0.2) is 0 Å². The van der Waals surface area contributed by atoms with Crippen molar-refractivity contribution in [2.24, 2.45) is 0 Å². The van der Waals surface area contributed by atoms with Crippen molar-refractivity contribution in [2.45, 2.75) is 19.8 Å². The van der Waals surface area contributed by atoms with Crippen LogP contribution in [0.1, 0.15) is 17.5 Å². The summed E-state index contributed by atoms with van der Waals surface area (Å²) in [6, 6.07) is 8.79. The van der Waals surface area contributed by atoms with E-state index in [0.717, 1.165) is 19.6 Å². The molecule has 2 heteroatoms. The van der Waals surface area contributed by atoms with Crippen LogP contribution in [-0.4, -0.2) is 38.6 Å². The Kier molecular flexibility index (Phi) is 6.12. The van der Waals surface area contributed by atoms with Gasteiger partial charge in [-0.3, -0.25) is 0 Å². The predicted molar refractivity (Wildman–Crippen MR) is 70.9 cm³/mol. The van der Waals surface area contributed by atoms with Crippen LogP contribution in [0.25, 0.3) is 0 Å². The number of rotatable bonds is 7. The van der Waals surface area contributed by atoms with Gasteiger partial charge in [-0.25, -0.2) is 0 Å². The first-order chi connectivity index (χ1) is 7.68. The van der Waals surface area contributed by atoms with Gasteiger partial charge in [0.25, 0.3) is 0 Å². The molecule has 0 aliphatic carbocycles. The summed E-state index contributed by atoms with van der Waals surface area (Å²) >= 11 is 0. The molecule has 1 rings (SSSR count). The molecule has 0 spiro atoms. The Morgan fingerprint density at radius 3 is 2.69 bits per heavy atom. The van der Waals surface area contributed by atoms with E-state index in [2.05, 4.69) is 55.5 Å². The summed E-state index contributed by atoms with van der Waals surface area (Å²) in [5.41, 5.74) is 2.81. The quantitative estimate of drug-likeness (QED) is 0.708. The highest BCUT2D eigenvalue weighted by molar-refractivity contribution is 5.22. The number of likely N-dealkylation sites (N-methyl/N-ethyl adjacent to an activating group) is 1. The van der Waals surface area contributed by atoms with E-state index in [-0.39, 0.29) is 0 Å². The van der Waals surface area contributed by atoms with Gasteiger partial charge in [-0.1, -0.05) is 29.8 Å². The number of aryl methyl sites for hydroxylation is 2. The molecule has 0 radical (unpaired) electrons. The Morgan fingerprint density at radius 2 is 2.00 bits per heavy atom. The summed E-state index contributed by atoms with van der Waals surface area (Å²) in [4.78, 5) is 2.20. The third-order valence-corrected chi connectivity index (χ3v) is 2.64. The summed E-state index contributed by atoms with van der Waals surface area (Å²) in [5, 5.41) is 3.46. The minimum Gasteiger partial charge on any atom is -0.315 e. The van der Waals surface area contributed by atoms with E-state index in [1.54, 1.807) is 0 Å². The van der Waals surface area contributed by atoms with Gasteiger partial charge in [-0.05, 0) is 46.0 Å². The maximum Gasteiger partial charge on any atom is 0.0101 e. The van der Waals surface area contributed by atoms with Crippen molar-refractivity contribution in [2.75, 3.05) is 33.7 Å². The number of nitrogens with one attached hydrogen (secondary N) is 1. The van der Waals surface area contributed by atoms with Crippen LogP contribution in [0, 0.1) is 6.92 Å². The smallest absolute Gasteiger partial charge is 0.0101 e. The van der Waals surface area contributed by atoms with Gasteiger partial charge >= 0.3 is 0 Å². The van der Waals surface area contributed by atoms with Gasteiger partial charge in [0.05, 0.1) is 0 Å². The maximum absolute atomic E-state index is 3.46. The van der Waals surface area contributed by atoms with Crippen LogP contribution < -0.4 is 5.32 Å². The summed E-state index contributed by atoms with van der Waals surface area (Å²) in [7, 11) is 4.21. The van der Waals surface area contributed by atoms with Crippen molar-refractivity contribution >= 4 is 0 Å². The molecule has 0 unspecified atom stereocenters. The molecule has 2 nitrogen and oxygen atoms in total.